The highest BCUT2D eigenvalue weighted by atomic mass is 35.5. The van der Waals surface area contributed by atoms with Crippen molar-refractivity contribution in [2.75, 3.05) is 26.2 Å². The van der Waals surface area contributed by atoms with E-state index in [9.17, 15) is 4.79 Å². The van der Waals surface area contributed by atoms with Crippen molar-refractivity contribution in [3.8, 4) is 0 Å². The largest absolute Gasteiger partial charge is 0.354 e. The fraction of sp³-hybridized carbons (Fsp3) is 0.933. The maximum Gasteiger partial charge on any atom is 0.227 e. The van der Waals surface area contributed by atoms with Gasteiger partial charge in [-0.25, -0.2) is 0 Å². The molecular weight excluding hydrogens is 309 g/mol. The summed E-state index contributed by atoms with van der Waals surface area (Å²) in [5, 5.41) is 3.08. The van der Waals surface area contributed by atoms with E-state index < -0.39 is 0 Å². The fourth-order valence-corrected chi connectivity index (χ4v) is 2.94. The molecule has 0 saturated carbocycles. The Bertz CT molecular complexity index is 278. The van der Waals surface area contributed by atoms with Crippen LogP contribution in [0.1, 0.15) is 52.9 Å². The number of amides is 1. The number of hydrogen-bond acceptors (Lipinski definition) is 3. The Kier molecular flexibility index (Phi) is 12.8. The summed E-state index contributed by atoms with van der Waals surface area (Å²) in [5.74, 6) is 0.129. The molecule has 1 heterocycles. The molecule has 0 spiro atoms. The first-order valence-corrected chi connectivity index (χ1v) is 7.82. The second-order valence-corrected chi connectivity index (χ2v) is 5.83. The van der Waals surface area contributed by atoms with Crippen molar-refractivity contribution in [2.45, 2.75) is 58.9 Å². The normalized spacial score (nSPS) is 19.3. The highest BCUT2D eigenvalue weighted by molar-refractivity contribution is 5.85. The van der Waals surface area contributed by atoms with Gasteiger partial charge in [0.15, 0.2) is 0 Å². The highest BCUT2D eigenvalue weighted by Gasteiger charge is 2.33. The first kappa shape index (κ1) is 23.2. The summed E-state index contributed by atoms with van der Waals surface area (Å²) in [7, 11) is 0. The number of halogens is 2. The van der Waals surface area contributed by atoms with Crippen molar-refractivity contribution in [1.82, 2.24) is 10.2 Å². The van der Waals surface area contributed by atoms with Crippen molar-refractivity contribution in [2.24, 2.45) is 11.1 Å². The van der Waals surface area contributed by atoms with Crippen LogP contribution in [0.3, 0.4) is 0 Å². The second kappa shape index (κ2) is 11.5. The summed E-state index contributed by atoms with van der Waals surface area (Å²) in [6, 6.07) is 0.655. The molecular formula is C15H33Cl2N3O. The molecule has 1 saturated heterocycles. The monoisotopic (exact) mass is 341 g/mol. The second-order valence-electron chi connectivity index (χ2n) is 5.83. The number of rotatable bonds is 7. The van der Waals surface area contributed by atoms with Gasteiger partial charge in [-0.1, -0.05) is 20.3 Å². The number of nitrogens with zero attached hydrogens (tertiary/aromatic N) is 1. The number of nitrogens with one attached hydrogen (secondary N) is 1. The maximum absolute atomic E-state index is 12.3. The van der Waals surface area contributed by atoms with Gasteiger partial charge in [0.1, 0.15) is 0 Å². The third kappa shape index (κ3) is 6.31. The highest BCUT2D eigenvalue weighted by Crippen LogP contribution is 2.24. The molecule has 6 heteroatoms. The number of piperidine rings is 1. The van der Waals surface area contributed by atoms with Gasteiger partial charge in [0.05, 0.1) is 5.41 Å². The Morgan fingerprint density at radius 2 is 1.90 bits per heavy atom. The maximum atomic E-state index is 12.3. The molecule has 21 heavy (non-hydrogen) atoms. The number of likely N-dealkylation sites (tertiary alicyclic amines) is 1. The lowest BCUT2D eigenvalue weighted by Gasteiger charge is -2.34. The van der Waals surface area contributed by atoms with Crippen molar-refractivity contribution in [3.05, 3.63) is 0 Å². The summed E-state index contributed by atoms with van der Waals surface area (Å²) in [6.07, 6.45) is 5.53. The zero-order valence-corrected chi connectivity index (χ0v) is 15.3. The lowest BCUT2D eigenvalue weighted by Crippen LogP contribution is -2.48. The number of carbonyl (C=O) groups excluding carboxylic acids is 1. The van der Waals surface area contributed by atoms with E-state index in [1.54, 1.807) is 0 Å². The Labute approximate surface area is 142 Å². The molecule has 0 bridgehead atoms. The van der Waals surface area contributed by atoms with E-state index in [1.807, 2.05) is 13.8 Å². The predicted molar refractivity (Wildman–Crippen MR) is 94.5 cm³/mol. The average molecular weight is 342 g/mol. The molecule has 1 aliphatic heterocycles. The topological polar surface area (TPSA) is 58.4 Å². The van der Waals surface area contributed by atoms with E-state index in [2.05, 4.69) is 17.1 Å². The predicted octanol–water partition coefficient (Wildman–Crippen LogP) is 2.59. The number of hydrogen-bond donors (Lipinski definition) is 2. The molecule has 0 radical (unpaired) electrons. The van der Waals surface area contributed by atoms with Crippen LogP contribution in [0.15, 0.2) is 0 Å². The SMILES string of the molecule is CCC(CC)(CN)C(=O)NCCN1CCCCC1C.Cl.Cl. The van der Waals surface area contributed by atoms with Crippen molar-refractivity contribution in [3.63, 3.8) is 0 Å². The van der Waals surface area contributed by atoms with Crippen molar-refractivity contribution < 1.29 is 4.79 Å². The van der Waals surface area contributed by atoms with Gasteiger partial charge >= 0.3 is 0 Å². The van der Waals surface area contributed by atoms with Crippen molar-refractivity contribution >= 4 is 30.7 Å². The van der Waals surface area contributed by atoms with Gasteiger partial charge in [0.25, 0.3) is 0 Å². The Balaban J connectivity index is 0. The molecule has 4 nitrogen and oxygen atoms in total. The van der Waals surface area contributed by atoms with E-state index in [1.165, 1.54) is 25.8 Å². The van der Waals surface area contributed by atoms with Gasteiger partial charge in [-0.05, 0) is 39.2 Å². The fourth-order valence-electron chi connectivity index (χ4n) is 2.94. The summed E-state index contributed by atoms with van der Waals surface area (Å²) >= 11 is 0. The zero-order valence-electron chi connectivity index (χ0n) is 13.7. The first-order chi connectivity index (χ1) is 9.09. The van der Waals surface area contributed by atoms with E-state index in [4.69, 9.17) is 5.73 Å². The van der Waals surface area contributed by atoms with Crippen molar-refractivity contribution in [1.29, 1.82) is 0 Å². The summed E-state index contributed by atoms with van der Waals surface area (Å²) in [4.78, 5) is 14.7. The molecule has 1 unspecified atom stereocenters. The molecule has 1 amide bonds. The molecule has 1 fully saturated rings. The van der Waals surface area contributed by atoms with Crippen LogP contribution in [0.25, 0.3) is 0 Å². The van der Waals surface area contributed by atoms with Crippen LogP contribution in [0, 0.1) is 5.41 Å². The smallest absolute Gasteiger partial charge is 0.227 e. The van der Waals surface area contributed by atoms with Crippen LogP contribution in [0.2, 0.25) is 0 Å². The molecule has 1 aliphatic rings. The molecule has 0 aliphatic carbocycles. The number of nitrogens with two attached hydrogens (primary N) is 1. The van der Waals surface area contributed by atoms with Gasteiger partial charge < -0.3 is 11.1 Å². The summed E-state index contributed by atoms with van der Waals surface area (Å²) in [5.41, 5.74) is 5.43. The molecule has 0 aromatic heterocycles. The van der Waals surface area contributed by atoms with Gasteiger partial charge in [-0.3, -0.25) is 9.69 Å². The van der Waals surface area contributed by atoms with Gasteiger partial charge in [-0.2, -0.15) is 0 Å². The average Bonchev–Trinajstić information content (AvgIpc) is 2.43. The van der Waals surface area contributed by atoms with E-state index in [0.717, 1.165) is 25.9 Å². The van der Waals surface area contributed by atoms with Crippen LogP contribution in [-0.4, -0.2) is 43.0 Å². The Morgan fingerprint density at radius 3 is 2.38 bits per heavy atom. The van der Waals surface area contributed by atoms with Crippen LogP contribution < -0.4 is 11.1 Å². The van der Waals surface area contributed by atoms with E-state index in [0.29, 0.717) is 12.6 Å². The Morgan fingerprint density at radius 1 is 1.29 bits per heavy atom. The quantitative estimate of drug-likeness (QED) is 0.748. The molecule has 0 aromatic rings. The first-order valence-electron chi connectivity index (χ1n) is 7.82. The molecule has 1 rings (SSSR count). The Hall–Kier alpha value is -0.0300. The summed E-state index contributed by atoms with van der Waals surface area (Å²) < 4.78 is 0. The molecule has 3 N–H and O–H groups in total. The third-order valence-corrected chi connectivity index (χ3v) is 4.85. The van der Waals surface area contributed by atoms with Gasteiger partial charge in [0.2, 0.25) is 5.91 Å². The zero-order chi connectivity index (χ0) is 14.3. The lowest BCUT2D eigenvalue weighted by atomic mass is 9.81. The van der Waals surface area contributed by atoms with Gasteiger partial charge in [0, 0.05) is 25.7 Å². The molecule has 1 atom stereocenters. The van der Waals surface area contributed by atoms with E-state index in [-0.39, 0.29) is 36.1 Å². The number of carbonyl (C=O) groups is 1. The van der Waals surface area contributed by atoms with Crippen LogP contribution in [-0.2, 0) is 4.79 Å². The summed E-state index contributed by atoms with van der Waals surface area (Å²) in [6.45, 7) is 9.67. The van der Waals surface area contributed by atoms with E-state index >= 15 is 0 Å². The minimum absolute atomic E-state index is 0. The van der Waals surface area contributed by atoms with Crippen LogP contribution in [0.4, 0.5) is 0 Å². The van der Waals surface area contributed by atoms with Crippen LogP contribution in [0.5, 0.6) is 0 Å². The van der Waals surface area contributed by atoms with Crippen LogP contribution >= 0.6 is 24.8 Å². The minimum atomic E-state index is -0.368. The lowest BCUT2D eigenvalue weighted by molar-refractivity contribution is -0.131. The van der Waals surface area contributed by atoms with Gasteiger partial charge in [-0.15, -0.1) is 24.8 Å². The third-order valence-electron chi connectivity index (χ3n) is 4.85. The molecule has 128 valence electrons. The minimum Gasteiger partial charge on any atom is -0.354 e. The molecule has 0 aromatic carbocycles. The standard InChI is InChI=1S/C15H31N3O.2ClH/c1-4-15(5-2,12-16)14(19)17-9-11-18-10-7-6-8-13(18)3;;/h13H,4-12,16H2,1-3H3,(H,17,19);2*1H.